The van der Waals surface area contributed by atoms with Crippen molar-refractivity contribution in [2.45, 2.75) is 13.8 Å². The van der Waals surface area contributed by atoms with E-state index >= 15 is 0 Å². The highest BCUT2D eigenvalue weighted by atomic mass is 32.1. The molecule has 0 radical (unpaired) electrons. The number of hydrogen-bond donors (Lipinski definition) is 2. The number of thiocarbonyl (C=S) groups is 1. The Hall–Kier alpha value is -2.14. The average molecular weight is 301 g/mol. The Morgan fingerprint density at radius 3 is 2.67 bits per heavy atom. The number of hydrogen-bond acceptors (Lipinski definition) is 3. The molecule has 1 aromatic carbocycles. The van der Waals surface area contributed by atoms with E-state index in [1.165, 1.54) is 5.56 Å². The summed E-state index contributed by atoms with van der Waals surface area (Å²) in [7, 11) is 0. The highest BCUT2D eigenvalue weighted by Gasteiger charge is 2.01. The molecule has 5 heteroatoms. The molecule has 0 bridgehead atoms. The topological polar surface area (TPSA) is 46.2 Å². The fraction of sp³-hybridized carbons (Fsp3) is 0.250. The molecule has 0 atom stereocenters. The van der Waals surface area contributed by atoms with Crippen LogP contribution in [0.5, 0.6) is 5.75 Å². The van der Waals surface area contributed by atoms with Crippen molar-refractivity contribution in [2.75, 3.05) is 18.5 Å². The van der Waals surface area contributed by atoms with Crippen LogP contribution in [0.3, 0.4) is 0 Å². The molecule has 0 aliphatic rings. The smallest absolute Gasteiger partial charge is 0.172 e. The Bertz CT molecular complexity index is 599. The Kier molecular flexibility index (Phi) is 5.51. The van der Waals surface area contributed by atoms with Gasteiger partial charge in [0.2, 0.25) is 0 Å². The van der Waals surface area contributed by atoms with E-state index in [9.17, 15) is 0 Å². The molecule has 0 fully saturated rings. The van der Waals surface area contributed by atoms with Gasteiger partial charge in [0.15, 0.2) is 5.11 Å². The summed E-state index contributed by atoms with van der Waals surface area (Å²) in [5, 5.41) is 6.71. The molecule has 2 rings (SSSR count). The van der Waals surface area contributed by atoms with E-state index in [4.69, 9.17) is 17.0 Å². The minimum Gasteiger partial charge on any atom is -0.492 e. The number of nitrogens with one attached hydrogen (secondary N) is 2. The number of anilines is 1. The van der Waals surface area contributed by atoms with Crippen LogP contribution in [0.4, 0.5) is 5.82 Å². The van der Waals surface area contributed by atoms with E-state index in [-0.39, 0.29) is 0 Å². The number of benzene rings is 1. The molecular formula is C16H19N3OS. The molecular weight excluding hydrogens is 282 g/mol. The molecule has 0 saturated carbocycles. The molecule has 2 aromatic rings. The fourth-order valence-electron chi connectivity index (χ4n) is 1.74. The normalized spacial score (nSPS) is 10.0. The molecule has 1 aromatic heterocycles. The van der Waals surface area contributed by atoms with Crippen LogP contribution in [0.25, 0.3) is 0 Å². The van der Waals surface area contributed by atoms with Crippen LogP contribution in [-0.2, 0) is 0 Å². The van der Waals surface area contributed by atoms with Gasteiger partial charge in [-0.1, -0.05) is 23.8 Å². The average Bonchev–Trinajstić information content (AvgIpc) is 2.48. The minimum absolute atomic E-state index is 0.546. The molecule has 0 unspecified atom stereocenters. The summed E-state index contributed by atoms with van der Waals surface area (Å²) in [6.07, 6.45) is 1.73. The van der Waals surface area contributed by atoms with Crippen LogP contribution in [0.2, 0.25) is 0 Å². The molecule has 110 valence electrons. The summed E-state index contributed by atoms with van der Waals surface area (Å²) in [5.41, 5.74) is 2.27. The van der Waals surface area contributed by atoms with Crippen LogP contribution < -0.4 is 15.4 Å². The standard InChI is InChI=1S/C16H19N3OS/c1-12-5-7-14(8-6-12)20-11-10-18-16(21)19-15-13(2)4-3-9-17-15/h3-9H,10-11H2,1-2H3,(H2,17,18,19,21). The predicted molar refractivity (Wildman–Crippen MR) is 89.9 cm³/mol. The lowest BCUT2D eigenvalue weighted by atomic mass is 10.2. The van der Waals surface area contributed by atoms with Gasteiger partial charge in [-0.15, -0.1) is 0 Å². The summed E-state index contributed by atoms with van der Waals surface area (Å²) in [6, 6.07) is 11.9. The maximum Gasteiger partial charge on any atom is 0.172 e. The van der Waals surface area contributed by atoms with Crippen molar-refractivity contribution in [3.05, 3.63) is 53.7 Å². The molecule has 4 nitrogen and oxygen atoms in total. The monoisotopic (exact) mass is 301 g/mol. The maximum atomic E-state index is 5.62. The summed E-state index contributed by atoms with van der Waals surface area (Å²) in [4.78, 5) is 4.23. The third-order valence-electron chi connectivity index (χ3n) is 2.92. The molecule has 0 spiro atoms. The van der Waals surface area contributed by atoms with Gasteiger partial charge in [0.05, 0.1) is 6.54 Å². The van der Waals surface area contributed by atoms with Crippen LogP contribution in [0, 0.1) is 13.8 Å². The molecule has 21 heavy (non-hydrogen) atoms. The van der Waals surface area contributed by atoms with Gasteiger partial charge in [-0.25, -0.2) is 4.98 Å². The zero-order valence-corrected chi connectivity index (χ0v) is 13.0. The predicted octanol–water partition coefficient (Wildman–Crippen LogP) is 3.06. The van der Waals surface area contributed by atoms with Crippen molar-refractivity contribution >= 4 is 23.1 Å². The third kappa shape index (κ3) is 5.04. The molecule has 0 aliphatic heterocycles. The number of ether oxygens (including phenoxy) is 1. The number of pyridine rings is 1. The van der Waals surface area contributed by atoms with Crippen LogP contribution in [-0.4, -0.2) is 23.2 Å². The van der Waals surface area contributed by atoms with Gasteiger partial charge in [-0.05, 0) is 49.8 Å². The first-order valence-electron chi connectivity index (χ1n) is 6.81. The quantitative estimate of drug-likeness (QED) is 0.656. The maximum absolute atomic E-state index is 5.62. The lowest BCUT2D eigenvalue weighted by Crippen LogP contribution is -2.32. The van der Waals surface area contributed by atoms with Gasteiger partial charge >= 0.3 is 0 Å². The fourth-order valence-corrected chi connectivity index (χ4v) is 1.93. The van der Waals surface area contributed by atoms with Gasteiger partial charge in [-0.2, -0.15) is 0 Å². The number of aryl methyl sites for hydroxylation is 2. The SMILES string of the molecule is Cc1ccc(OCCNC(=S)Nc2ncccc2C)cc1. The number of nitrogens with zero attached hydrogens (tertiary/aromatic N) is 1. The van der Waals surface area contributed by atoms with Crippen molar-refractivity contribution in [3.8, 4) is 5.75 Å². The highest BCUT2D eigenvalue weighted by molar-refractivity contribution is 7.80. The summed E-state index contributed by atoms with van der Waals surface area (Å²) in [5.74, 6) is 1.64. The van der Waals surface area contributed by atoms with Gasteiger partial charge in [0.25, 0.3) is 0 Å². The van der Waals surface area contributed by atoms with Crippen molar-refractivity contribution in [2.24, 2.45) is 0 Å². The third-order valence-corrected chi connectivity index (χ3v) is 3.17. The molecule has 0 amide bonds. The summed E-state index contributed by atoms with van der Waals surface area (Å²) in [6.45, 7) is 5.21. The minimum atomic E-state index is 0.546. The Morgan fingerprint density at radius 2 is 1.95 bits per heavy atom. The van der Waals surface area contributed by atoms with Gasteiger partial charge < -0.3 is 15.4 Å². The zero-order chi connectivity index (χ0) is 15.1. The van der Waals surface area contributed by atoms with Crippen molar-refractivity contribution in [3.63, 3.8) is 0 Å². The van der Waals surface area contributed by atoms with Crippen molar-refractivity contribution in [1.29, 1.82) is 0 Å². The largest absolute Gasteiger partial charge is 0.492 e. The molecule has 0 aliphatic carbocycles. The van der Waals surface area contributed by atoms with Crippen LogP contribution in [0.1, 0.15) is 11.1 Å². The van der Waals surface area contributed by atoms with Crippen LogP contribution in [0.15, 0.2) is 42.6 Å². The van der Waals surface area contributed by atoms with E-state index < -0.39 is 0 Å². The van der Waals surface area contributed by atoms with E-state index in [0.717, 1.165) is 17.1 Å². The van der Waals surface area contributed by atoms with E-state index in [1.807, 2.05) is 43.3 Å². The van der Waals surface area contributed by atoms with Gasteiger partial charge in [-0.3, -0.25) is 0 Å². The first-order chi connectivity index (χ1) is 10.1. The first-order valence-corrected chi connectivity index (χ1v) is 7.22. The second kappa shape index (κ2) is 7.59. The second-order valence-electron chi connectivity index (χ2n) is 4.71. The van der Waals surface area contributed by atoms with E-state index in [1.54, 1.807) is 6.20 Å². The van der Waals surface area contributed by atoms with Gasteiger partial charge in [0, 0.05) is 6.20 Å². The Labute approximate surface area is 130 Å². The van der Waals surface area contributed by atoms with Gasteiger partial charge in [0.1, 0.15) is 18.2 Å². The number of aromatic nitrogens is 1. The summed E-state index contributed by atoms with van der Waals surface area (Å²) < 4.78 is 5.62. The van der Waals surface area contributed by atoms with E-state index in [2.05, 4.69) is 22.5 Å². The lowest BCUT2D eigenvalue weighted by Gasteiger charge is -2.12. The molecule has 0 saturated heterocycles. The molecule has 1 heterocycles. The zero-order valence-electron chi connectivity index (χ0n) is 12.2. The summed E-state index contributed by atoms with van der Waals surface area (Å²) >= 11 is 5.23. The van der Waals surface area contributed by atoms with Crippen molar-refractivity contribution < 1.29 is 4.74 Å². The Morgan fingerprint density at radius 1 is 1.19 bits per heavy atom. The first kappa shape index (κ1) is 15.3. The highest BCUT2D eigenvalue weighted by Crippen LogP contribution is 2.11. The van der Waals surface area contributed by atoms with E-state index in [0.29, 0.717) is 18.3 Å². The lowest BCUT2D eigenvalue weighted by molar-refractivity contribution is 0.322. The Balaban J connectivity index is 1.70. The van der Waals surface area contributed by atoms with Crippen molar-refractivity contribution in [1.82, 2.24) is 10.3 Å². The number of rotatable bonds is 5. The van der Waals surface area contributed by atoms with Crippen LogP contribution >= 0.6 is 12.2 Å². The molecule has 2 N–H and O–H groups in total. The second-order valence-corrected chi connectivity index (χ2v) is 5.12.